The fourth-order valence-corrected chi connectivity index (χ4v) is 1.60. The van der Waals surface area contributed by atoms with Crippen LogP contribution in [-0.4, -0.2) is 38.4 Å². The molecule has 1 aromatic rings. The molecule has 1 aromatic carbocycles. The Bertz CT molecular complexity index is 410. The van der Waals surface area contributed by atoms with Crippen molar-refractivity contribution >= 4 is 11.4 Å². The molecule has 0 amide bonds. The van der Waals surface area contributed by atoms with Crippen molar-refractivity contribution in [2.75, 3.05) is 38.8 Å². The first-order valence-corrected chi connectivity index (χ1v) is 6.20. The van der Waals surface area contributed by atoms with Crippen molar-refractivity contribution in [1.29, 1.82) is 0 Å². The van der Waals surface area contributed by atoms with E-state index in [2.05, 4.69) is 5.32 Å². The second kappa shape index (κ2) is 8.44. The molecular weight excluding hydrogens is 248 g/mol. The van der Waals surface area contributed by atoms with Gasteiger partial charge in [-0.05, 0) is 25.0 Å². The number of non-ortho nitro benzene ring substituents is 1. The van der Waals surface area contributed by atoms with Gasteiger partial charge in [0.25, 0.3) is 5.69 Å². The van der Waals surface area contributed by atoms with Crippen LogP contribution in [0.15, 0.2) is 18.2 Å². The molecular formula is C13H20N2O4. The van der Waals surface area contributed by atoms with Gasteiger partial charge in [-0.2, -0.15) is 0 Å². The van der Waals surface area contributed by atoms with Gasteiger partial charge in [-0.25, -0.2) is 0 Å². The van der Waals surface area contributed by atoms with Crippen LogP contribution in [0.3, 0.4) is 0 Å². The molecule has 0 aromatic heterocycles. The van der Waals surface area contributed by atoms with Crippen LogP contribution in [0.4, 0.5) is 11.4 Å². The Hall–Kier alpha value is -1.66. The summed E-state index contributed by atoms with van der Waals surface area (Å²) in [4.78, 5) is 10.2. The van der Waals surface area contributed by atoms with E-state index in [-0.39, 0.29) is 10.6 Å². The summed E-state index contributed by atoms with van der Waals surface area (Å²) in [7, 11) is 1.64. The van der Waals surface area contributed by atoms with Gasteiger partial charge >= 0.3 is 0 Å². The number of ether oxygens (including phenoxy) is 2. The third-order valence-electron chi connectivity index (χ3n) is 2.63. The fourth-order valence-electron chi connectivity index (χ4n) is 1.60. The first kappa shape index (κ1) is 15.4. The lowest BCUT2D eigenvalue weighted by Crippen LogP contribution is -2.09. The quantitative estimate of drug-likeness (QED) is 0.423. The van der Waals surface area contributed by atoms with Crippen molar-refractivity contribution in [3.8, 4) is 0 Å². The van der Waals surface area contributed by atoms with Gasteiger partial charge in [0.2, 0.25) is 0 Å². The van der Waals surface area contributed by atoms with Gasteiger partial charge in [0, 0.05) is 38.1 Å². The van der Waals surface area contributed by atoms with Crippen LogP contribution in [0, 0.1) is 17.0 Å². The Morgan fingerprint density at radius 2 is 2.11 bits per heavy atom. The Labute approximate surface area is 112 Å². The van der Waals surface area contributed by atoms with Crippen molar-refractivity contribution in [3.05, 3.63) is 33.9 Å². The predicted molar refractivity (Wildman–Crippen MR) is 73.6 cm³/mol. The Morgan fingerprint density at radius 1 is 1.32 bits per heavy atom. The molecule has 6 heteroatoms. The Kier molecular flexibility index (Phi) is 6.84. The van der Waals surface area contributed by atoms with Crippen molar-refractivity contribution in [1.82, 2.24) is 0 Å². The van der Waals surface area contributed by atoms with Gasteiger partial charge < -0.3 is 14.8 Å². The summed E-state index contributed by atoms with van der Waals surface area (Å²) < 4.78 is 10.2. The van der Waals surface area contributed by atoms with Gasteiger partial charge in [-0.15, -0.1) is 0 Å². The van der Waals surface area contributed by atoms with Gasteiger partial charge in [0.15, 0.2) is 0 Å². The second-order valence-electron chi connectivity index (χ2n) is 4.14. The average Bonchev–Trinajstić information content (AvgIpc) is 2.39. The number of nitro groups is 1. The standard InChI is InChI=1S/C13H20N2O4/c1-11-10-12(15(16)17)4-5-13(11)14-6-3-7-19-9-8-18-2/h4-5,10,14H,3,6-9H2,1-2H3. The molecule has 0 heterocycles. The average molecular weight is 268 g/mol. The molecule has 0 fully saturated rings. The first-order valence-electron chi connectivity index (χ1n) is 6.20. The summed E-state index contributed by atoms with van der Waals surface area (Å²) in [5, 5.41) is 13.8. The highest BCUT2D eigenvalue weighted by Gasteiger charge is 2.07. The summed E-state index contributed by atoms with van der Waals surface area (Å²) in [6.45, 7) is 4.50. The Balaban J connectivity index is 2.28. The van der Waals surface area contributed by atoms with Crippen molar-refractivity contribution in [2.24, 2.45) is 0 Å². The SMILES string of the molecule is COCCOCCCNc1ccc([N+](=O)[O-])cc1C. The second-order valence-corrected chi connectivity index (χ2v) is 4.14. The van der Waals surface area contributed by atoms with Gasteiger partial charge in [0.05, 0.1) is 18.1 Å². The van der Waals surface area contributed by atoms with E-state index in [9.17, 15) is 10.1 Å². The number of nitrogens with zero attached hydrogens (tertiary/aromatic N) is 1. The summed E-state index contributed by atoms with van der Waals surface area (Å²) in [6, 6.07) is 4.81. The normalized spacial score (nSPS) is 10.4. The molecule has 0 bridgehead atoms. The number of methoxy groups -OCH3 is 1. The minimum absolute atomic E-state index is 0.117. The highest BCUT2D eigenvalue weighted by atomic mass is 16.6. The van der Waals surface area contributed by atoms with E-state index in [0.29, 0.717) is 19.8 Å². The maximum absolute atomic E-state index is 10.6. The zero-order valence-electron chi connectivity index (χ0n) is 11.3. The molecule has 1 rings (SSSR count). The lowest BCUT2D eigenvalue weighted by molar-refractivity contribution is -0.384. The summed E-state index contributed by atoms with van der Waals surface area (Å²) >= 11 is 0. The molecule has 1 N–H and O–H groups in total. The lowest BCUT2D eigenvalue weighted by Gasteiger charge is -2.09. The molecule has 0 radical (unpaired) electrons. The van der Waals surface area contributed by atoms with Crippen molar-refractivity contribution < 1.29 is 14.4 Å². The van der Waals surface area contributed by atoms with Crippen LogP contribution in [0.25, 0.3) is 0 Å². The minimum atomic E-state index is -0.388. The molecule has 0 aliphatic carbocycles. The van der Waals surface area contributed by atoms with Crippen LogP contribution in [0.2, 0.25) is 0 Å². The van der Waals surface area contributed by atoms with Crippen LogP contribution in [0.5, 0.6) is 0 Å². The van der Waals surface area contributed by atoms with E-state index in [4.69, 9.17) is 9.47 Å². The predicted octanol–water partition coefficient (Wildman–Crippen LogP) is 2.37. The summed E-state index contributed by atoms with van der Waals surface area (Å²) in [5.74, 6) is 0. The Morgan fingerprint density at radius 3 is 2.74 bits per heavy atom. The molecule has 0 aliphatic heterocycles. The van der Waals surface area contributed by atoms with Crippen molar-refractivity contribution in [3.63, 3.8) is 0 Å². The van der Waals surface area contributed by atoms with Crippen LogP contribution in [-0.2, 0) is 9.47 Å². The molecule has 6 nitrogen and oxygen atoms in total. The zero-order chi connectivity index (χ0) is 14.1. The maximum atomic E-state index is 10.6. The third kappa shape index (κ3) is 5.67. The van der Waals surface area contributed by atoms with E-state index < -0.39 is 0 Å². The van der Waals surface area contributed by atoms with E-state index in [1.54, 1.807) is 19.2 Å². The molecule has 0 saturated heterocycles. The third-order valence-corrected chi connectivity index (χ3v) is 2.63. The van der Waals surface area contributed by atoms with Crippen LogP contribution >= 0.6 is 0 Å². The van der Waals surface area contributed by atoms with Crippen LogP contribution in [0.1, 0.15) is 12.0 Å². The van der Waals surface area contributed by atoms with Gasteiger partial charge in [0.1, 0.15) is 0 Å². The molecule has 0 atom stereocenters. The zero-order valence-corrected chi connectivity index (χ0v) is 11.3. The maximum Gasteiger partial charge on any atom is 0.269 e. The molecule has 106 valence electrons. The van der Waals surface area contributed by atoms with Gasteiger partial charge in [-0.1, -0.05) is 0 Å². The van der Waals surface area contributed by atoms with E-state index >= 15 is 0 Å². The number of hydrogen-bond donors (Lipinski definition) is 1. The highest BCUT2D eigenvalue weighted by Crippen LogP contribution is 2.20. The molecule has 19 heavy (non-hydrogen) atoms. The number of rotatable bonds is 9. The molecule has 0 saturated carbocycles. The molecule has 0 aliphatic rings. The minimum Gasteiger partial charge on any atom is -0.385 e. The van der Waals surface area contributed by atoms with Crippen molar-refractivity contribution in [2.45, 2.75) is 13.3 Å². The highest BCUT2D eigenvalue weighted by molar-refractivity contribution is 5.55. The number of hydrogen-bond acceptors (Lipinski definition) is 5. The number of benzene rings is 1. The van der Waals surface area contributed by atoms with E-state index in [1.165, 1.54) is 6.07 Å². The first-order chi connectivity index (χ1) is 9.15. The van der Waals surface area contributed by atoms with E-state index in [0.717, 1.165) is 24.2 Å². The monoisotopic (exact) mass is 268 g/mol. The number of aryl methyl sites for hydroxylation is 1. The number of nitro benzene ring substituents is 1. The van der Waals surface area contributed by atoms with Gasteiger partial charge in [-0.3, -0.25) is 10.1 Å². The largest absolute Gasteiger partial charge is 0.385 e. The number of nitrogens with one attached hydrogen (secondary N) is 1. The number of anilines is 1. The lowest BCUT2D eigenvalue weighted by atomic mass is 10.2. The topological polar surface area (TPSA) is 73.6 Å². The summed E-state index contributed by atoms with van der Waals surface area (Å²) in [6.07, 6.45) is 0.875. The fraction of sp³-hybridized carbons (Fsp3) is 0.538. The molecule has 0 unspecified atom stereocenters. The van der Waals surface area contributed by atoms with Crippen LogP contribution < -0.4 is 5.32 Å². The summed E-state index contributed by atoms with van der Waals surface area (Å²) in [5.41, 5.74) is 1.91. The smallest absolute Gasteiger partial charge is 0.269 e. The molecule has 0 spiro atoms. The van der Waals surface area contributed by atoms with E-state index in [1.807, 2.05) is 6.92 Å².